The molecule has 3 N–H and O–H groups in total. The molecule has 19 heavy (non-hydrogen) atoms. The third-order valence-corrected chi connectivity index (χ3v) is 2.71. The average molecular weight is 269 g/mol. The Labute approximate surface area is 114 Å². The minimum absolute atomic E-state index is 0.218. The zero-order valence-electron chi connectivity index (χ0n) is 11.6. The summed E-state index contributed by atoms with van der Waals surface area (Å²) in [4.78, 5) is 0. The second-order valence-electron chi connectivity index (χ2n) is 4.21. The summed E-state index contributed by atoms with van der Waals surface area (Å²) in [6.07, 6.45) is 0.122. The first-order chi connectivity index (χ1) is 9.21. The molecule has 0 heterocycles. The van der Waals surface area contributed by atoms with Gasteiger partial charge in [-0.1, -0.05) is 6.07 Å². The van der Waals surface area contributed by atoms with Gasteiger partial charge in [0.25, 0.3) is 0 Å². The molecule has 5 heteroatoms. The van der Waals surface area contributed by atoms with Gasteiger partial charge in [-0.25, -0.2) is 0 Å². The SMILES string of the molecule is CCOc1cc(CCNCC(O)CO)ccc1OC. The van der Waals surface area contributed by atoms with Crippen LogP contribution in [0.25, 0.3) is 0 Å². The van der Waals surface area contributed by atoms with Crippen LogP contribution in [0.15, 0.2) is 18.2 Å². The molecule has 0 aromatic heterocycles. The van der Waals surface area contributed by atoms with Gasteiger partial charge in [-0.05, 0) is 37.6 Å². The summed E-state index contributed by atoms with van der Waals surface area (Å²) in [5.41, 5.74) is 1.13. The molecule has 0 amide bonds. The summed E-state index contributed by atoms with van der Waals surface area (Å²) in [6, 6.07) is 5.85. The Kier molecular flexibility index (Phi) is 7.25. The van der Waals surface area contributed by atoms with Crippen molar-refractivity contribution in [1.82, 2.24) is 5.32 Å². The summed E-state index contributed by atoms with van der Waals surface area (Å²) >= 11 is 0. The first kappa shape index (κ1) is 15.8. The molecule has 0 aliphatic carbocycles. The van der Waals surface area contributed by atoms with Crippen LogP contribution in [0.5, 0.6) is 11.5 Å². The summed E-state index contributed by atoms with van der Waals surface area (Å²) in [5.74, 6) is 1.48. The molecule has 0 aliphatic rings. The maximum absolute atomic E-state index is 9.19. The fourth-order valence-electron chi connectivity index (χ4n) is 1.71. The van der Waals surface area contributed by atoms with Gasteiger partial charge in [-0.2, -0.15) is 0 Å². The highest BCUT2D eigenvalue weighted by Crippen LogP contribution is 2.28. The zero-order chi connectivity index (χ0) is 14.1. The third kappa shape index (κ3) is 5.46. The van der Waals surface area contributed by atoms with E-state index < -0.39 is 6.10 Å². The van der Waals surface area contributed by atoms with Gasteiger partial charge in [-0.3, -0.25) is 0 Å². The Balaban J connectivity index is 2.47. The minimum Gasteiger partial charge on any atom is -0.493 e. The Hall–Kier alpha value is -1.30. The van der Waals surface area contributed by atoms with Crippen molar-refractivity contribution in [2.45, 2.75) is 19.4 Å². The van der Waals surface area contributed by atoms with Gasteiger partial charge >= 0.3 is 0 Å². The normalized spacial score (nSPS) is 12.2. The molecule has 0 radical (unpaired) electrons. The Morgan fingerprint density at radius 3 is 2.74 bits per heavy atom. The number of aliphatic hydroxyl groups is 2. The second-order valence-corrected chi connectivity index (χ2v) is 4.21. The van der Waals surface area contributed by atoms with E-state index in [9.17, 15) is 5.11 Å². The highest BCUT2D eigenvalue weighted by molar-refractivity contribution is 5.43. The fraction of sp³-hybridized carbons (Fsp3) is 0.571. The van der Waals surface area contributed by atoms with E-state index in [1.54, 1.807) is 7.11 Å². The van der Waals surface area contributed by atoms with E-state index in [1.807, 2.05) is 25.1 Å². The van der Waals surface area contributed by atoms with E-state index in [2.05, 4.69) is 5.32 Å². The van der Waals surface area contributed by atoms with Crippen LogP contribution >= 0.6 is 0 Å². The van der Waals surface area contributed by atoms with E-state index in [0.717, 1.165) is 30.0 Å². The van der Waals surface area contributed by atoms with Crippen LogP contribution in [0.3, 0.4) is 0 Å². The van der Waals surface area contributed by atoms with Gasteiger partial charge in [0.05, 0.1) is 26.4 Å². The van der Waals surface area contributed by atoms with Crippen molar-refractivity contribution in [2.24, 2.45) is 0 Å². The average Bonchev–Trinajstić information content (AvgIpc) is 2.44. The van der Waals surface area contributed by atoms with Crippen LogP contribution in [0.4, 0.5) is 0 Å². The van der Waals surface area contributed by atoms with Crippen LogP contribution in [-0.2, 0) is 6.42 Å². The van der Waals surface area contributed by atoms with E-state index in [1.165, 1.54) is 0 Å². The van der Waals surface area contributed by atoms with Crippen LogP contribution in [0.2, 0.25) is 0 Å². The lowest BCUT2D eigenvalue weighted by atomic mass is 10.1. The first-order valence-corrected chi connectivity index (χ1v) is 6.50. The molecule has 0 saturated heterocycles. The number of aliphatic hydroxyl groups excluding tert-OH is 2. The maximum atomic E-state index is 9.19. The van der Waals surface area contributed by atoms with Crippen molar-refractivity contribution >= 4 is 0 Å². The monoisotopic (exact) mass is 269 g/mol. The van der Waals surface area contributed by atoms with E-state index >= 15 is 0 Å². The highest BCUT2D eigenvalue weighted by atomic mass is 16.5. The minimum atomic E-state index is -0.699. The van der Waals surface area contributed by atoms with Crippen molar-refractivity contribution in [2.75, 3.05) is 33.4 Å². The van der Waals surface area contributed by atoms with E-state index in [0.29, 0.717) is 13.2 Å². The van der Waals surface area contributed by atoms with Crippen molar-refractivity contribution in [3.8, 4) is 11.5 Å². The molecule has 1 rings (SSSR count). The molecule has 0 bridgehead atoms. The number of methoxy groups -OCH3 is 1. The maximum Gasteiger partial charge on any atom is 0.161 e. The predicted octanol–water partition coefficient (Wildman–Crippen LogP) is 0.579. The largest absolute Gasteiger partial charge is 0.493 e. The van der Waals surface area contributed by atoms with Gasteiger partial charge in [0.1, 0.15) is 0 Å². The van der Waals surface area contributed by atoms with Crippen molar-refractivity contribution in [3.63, 3.8) is 0 Å². The predicted molar refractivity (Wildman–Crippen MR) is 73.8 cm³/mol. The molecule has 1 unspecified atom stereocenters. The standard InChI is InChI=1S/C14H23NO4/c1-3-19-14-8-11(4-5-13(14)18-2)6-7-15-9-12(17)10-16/h4-5,8,12,15-17H,3,6-7,9-10H2,1-2H3. The Bertz CT molecular complexity index is 370. The molecule has 0 saturated carbocycles. The molecule has 0 aliphatic heterocycles. The number of rotatable bonds is 9. The number of hydrogen-bond donors (Lipinski definition) is 3. The van der Waals surface area contributed by atoms with E-state index in [4.69, 9.17) is 14.6 Å². The summed E-state index contributed by atoms with van der Waals surface area (Å²) in [7, 11) is 1.62. The molecule has 5 nitrogen and oxygen atoms in total. The van der Waals surface area contributed by atoms with Crippen molar-refractivity contribution in [1.29, 1.82) is 0 Å². The van der Waals surface area contributed by atoms with E-state index in [-0.39, 0.29) is 6.61 Å². The zero-order valence-corrected chi connectivity index (χ0v) is 11.6. The molecule has 0 spiro atoms. The smallest absolute Gasteiger partial charge is 0.161 e. The van der Waals surface area contributed by atoms with Gasteiger partial charge in [0.2, 0.25) is 0 Å². The number of benzene rings is 1. The summed E-state index contributed by atoms with van der Waals surface area (Å²) in [6.45, 7) is 3.44. The molecular formula is C14H23NO4. The fourth-order valence-corrected chi connectivity index (χ4v) is 1.71. The molecule has 0 fully saturated rings. The summed E-state index contributed by atoms with van der Waals surface area (Å²) in [5, 5.41) is 21.0. The van der Waals surface area contributed by atoms with Gasteiger partial charge in [0.15, 0.2) is 11.5 Å². The molecule has 1 aromatic rings. The Morgan fingerprint density at radius 2 is 2.11 bits per heavy atom. The van der Waals surface area contributed by atoms with Crippen LogP contribution in [-0.4, -0.2) is 49.7 Å². The van der Waals surface area contributed by atoms with Crippen LogP contribution in [0, 0.1) is 0 Å². The van der Waals surface area contributed by atoms with Crippen LogP contribution < -0.4 is 14.8 Å². The quantitative estimate of drug-likeness (QED) is 0.572. The van der Waals surface area contributed by atoms with Gasteiger partial charge < -0.3 is 25.0 Å². The van der Waals surface area contributed by atoms with Gasteiger partial charge in [-0.15, -0.1) is 0 Å². The molecular weight excluding hydrogens is 246 g/mol. The molecule has 108 valence electrons. The lowest BCUT2D eigenvalue weighted by molar-refractivity contribution is 0.0947. The topological polar surface area (TPSA) is 71.0 Å². The van der Waals surface area contributed by atoms with Crippen molar-refractivity contribution in [3.05, 3.63) is 23.8 Å². The Morgan fingerprint density at radius 1 is 1.32 bits per heavy atom. The van der Waals surface area contributed by atoms with Crippen LogP contribution in [0.1, 0.15) is 12.5 Å². The lowest BCUT2D eigenvalue weighted by Crippen LogP contribution is -2.30. The van der Waals surface area contributed by atoms with Gasteiger partial charge in [0, 0.05) is 6.54 Å². The lowest BCUT2D eigenvalue weighted by Gasteiger charge is -2.12. The number of nitrogens with one attached hydrogen (secondary N) is 1. The highest BCUT2D eigenvalue weighted by Gasteiger charge is 2.05. The first-order valence-electron chi connectivity index (χ1n) is 6.50. The number of hydrogen-bond acceptors (Lipinski definition) is 5. The van der Waals surface area contributed by atoms with Crippen molar-refractivity contribution < 1.29 is 19.7 Å². The number of ether oxygens (including phenoxy) is 2. The molecule has 1 aromatic carbocycles. The second kappa shape index (κ2) is 8.74. The summed E-state index contributed by atoms with van der Waals surface area (Å²) < 4.78 is 10.7. The molecule has 1 atom stereocenters. The third-order valence-electron chi connectivity index (χ3n) is 2.71.